The molecule has 12 heteroatoms. The lowest BCUT2D eigenvalue weighted by molar-refractivity contribution is -0.146. The predicted octanol–water partition coefficient (Wildman–Crippen LogP) is 4.15. The number of benzene rings is 1. The first-order chi connectivity index (χ1) is 15.5. The van der Waals surface area contributed by atoms with E-state index in [1.54, 1.807) is 25.1 Å². The summed E-state index contributed by atoms with van der Waals surface area (Å²) in [4.78, 5) is 12.9. The van der Waals surface area contributed by atoms with Gasteiger partial charge in [-0.15, -0.1) is 11.3 Å². The Balaban J connectivity index is 2.05. The quantitative estimate of drug-likeness (QED) is 0.465. The Hall–Kier alpha value is -2.70. The molecule has 0 aliphatic carbocycles. The van der Waals surface area contributed by atoms with Gasteiger partial charge in [0.05, 0.1) is 34.4 Å². The standard InChI is InChI=1S/C21H21F3N2O5S2/c1-3-31-20(28)11-26-15(10-19(25-26)21(22,23)24)17-8-7-16(32-17)13-5-6-14(12-27)18(9-13)33(29,30)4-2/h5-10,27H,3-4,11-12H2,1-2H3. The number of aliphatic hydroxyl groups excluding tert-OH is 1. The summed E-state index contributed by atoms with van der Waals surface area (Å²) in [5, 5.41) is 13.0. The van der Waals surface area contributed by atoms with Gasteiger partial charge in [-0.05, 0) is 42.3 Å². The van der Waals surface area contributed by atoms with Crippen LogP contribution >= 0.6 is 11.3 Å². The van der Waals surface area contributed by atoms with E-state index in [-0.39, 0.29) is 28.5 Å². The van der Waals surface area contributed by atoms with Gasteiger partial charge in [-0.1, -0.05) is 19.1 Å². The molecule has 0 atom stereocenters. The van der Waals surface area contributed by atoms with Gasteiger partial charge in [0.1, 0.15) is 6.54 Å². The molecule has 0 spiro atoms. The minimum atomic E-state index is -4.70. The summed E-state index contributed by atoms with van der Waals surface area (Å²) >= 11 is 1.12. The minimum absolute atomic E-state index is 0.00617. The minimum Gasteiger partial charge on any atom is -0.465 e. The first-order valence-electron chi connectivity index (χ1n) is 9.88. The van der Waals surface area contributed by atoms with E-state index in [9.17, 15) is 31.5 Å². The Morgan fingerprint density at radius 2 is 1.85 bits per heavy atom. The normalized spacial score (nSPS) is 12.2. The van der Waals surface area contributed by atoms with E-state index in [0.717, 1.165) is 22.1 Å². The van der Waals surface area contributed by atoms with Gasteiger partial charge in [-0.25, -0.2) is 8.42 Å². The lowest BCUT2D eigenvalue weighted by Crippen LogP contribution is -2.16. The number of carbonyl (C=O) groups is 1. The second-order valence-electron chi connectivity index (χ2n) is 6.92. The average Bonchev–Trinajstić information content (AvgIpc) is 3.40. The molecule has 0 bridgehead atoms. The summed E-state index contributed by atoms with van der Waals surface area (Å²) in [6.07, 6.45) is -4.70. The fourth-order valence-corrected chi connectivity index (χ4v) is 5.29. The van der Waals surface area contributed by atoms with Crippen LogP contribution in [0.15, 0.2) is 41.3 Å². The first-order valence-corrected chi connectivity index (χ1v) is 12.3. The average molecular weight is 503 g/mol. The molecule has 0 amide bonds. The Morgan fingerprint density at radius 3 is 2.45 bits per heavy atom. The summed E-state index contributed by atoms with van der Waals surface area (Å²) in [6, 6.07) is 8.66. The largest absolute Gasteiger partial charge is 0.465 e. The molecule has 0 radical (unpaired) electrons. The van der Waals surface area contributed by atoms with E-state index in [1.807, 2.05) is 0 Å². The molecule has 0 saturated carbocycles. The second-order valence-corrected chi connectivity index (χ2v) is 10.3. The molecule has 0 unspecified atom stereocenters. The lowest BCUT2D eigenvalue weighted by Gasteiger charge is -2.09. The van der Waals surface area contributed by atoms with Crippen molar-refractivity contribution in [2.75, 3.05) is 12.4 Å². The molecular weight excluding hydrogens is 481 g/mol. The molecule has 0 aliphatic heterocycles. The maximum atomic E-state index is 13.2. The maximum absolute atomic E-state index is 13.2. The molecule has 2 aromatic heterocycles. The van der Waals surface area contributed by atoms with Gasteiger partial charge in [-0.2, -0.15) is 18.3 Å². The lowest BCUT2D eigenvalue weighted by atomic mass is 10.1. The Kier molecular flexibility index (Phi) is 7.29. The second kappa shape index (κ2) is 9.65. The molecule has 0 aliphatic rings. The van der Waals surface area contributed by atoms with Gasteiger partial charge in [0.25, 0.3) is 0 Å². The number of hydrogen-bond acceptors (Lipinski definition) is 7. The SMILES string of the molecule is CCOC(=O)Cn1nc(C(F)(F)F)cc1-c1ccc(-c2ccc(CO)c(S(=O)(=O)CC)c2)s1. The number of aliphatic hydroxyl groups is 1. The van der Waals surface area contributed by atoms with Crippen molar-refractivity contribution >= 4 is 27.1 Å². The predicted molar refractivity (Wildman–Crippen MR) is 116 cm³/mol. The molecule has 1 aromatic carbocycles. The molecule has 3 rings (SSSR count). The molecule has 7 nitrogen and oxygen atoms in total. The van der Waals surface area contributed by atoms with E-state index in [4.69, 9.17) is 4.74 Å². The van der Waals surface area contributed by atoms with Crippen LogP contribution in [0.3, 0.4) is 0 Å². The zero-order valence-corrected chi connectivity index (χ0v) is 19.4. The molecule has 33 heavy (non-hydrogen) atoms. The first kappa shape index (κ1) is 24.9. The van der Waals surface area contributed by atoms with Gasteiger partial charge in [0.15, 0.2) is 15.5 Å². The number of carbonyl (C=O) groups excluding carboxylic acids is 1. The van der Waals surface area contributed by atoms with Crippen LogP contribution < -0.4 is 0 Å². The monoisotopic (exact) mass is 502 g/mol. The van der Waals surface area contributed by atoms with Crippen molar-refractivity contribution in [1.82, 2.24) is 9.78 Å². The third kappa shape index (κ3) is 5.45. The molecule has 0 saturated heterocycles. The molecule has 3 aromatic rings. The van der Waals surface area contributed by atoms with E-state index < -0.39 is 40.8 Å². The van der Waals surface area contributed by atoms with E-state index in [2.05, 4.69) is 5.10 Å². The van der Waals surface area contributed by atoms with Crippen molar-refractivity contribution in [3.63, 3.8) is 0 Å². The van der Waals surface area contributed by atoms with Crippen molar-refractivity contribution in [2.24, 2.45) is 0 Å². The number of sulfone groups is 1. The highest BCUT2D eigenvalue weighted by molar-refractivity contribution is 7.91. The number of halogens is 3. The topological polar surface area (TPSA) is 98.5 Å². The van der Waals surface area contributed by atoms with E-state index in [1.165, 1.54) is 19.1 Å². The Morgan fingerprint density at radius 1 is 1.15 bits per heavy atom. The van der Waals surface area contributed by atoms with Crippen molar-refractivity contribution in [3.8, 4) is 21.0 Å². The van der Waals surface area contributed by atoms with E-state index >= 15 is 0 Å². The number of rotatable bonds is 8. The summed E-state index contributed by atoms with van der Waals surface area (Å²) in [6.45, 7) is 2.23. The smallest absolute Gasteiger partial charge is 0.435 e. The highest BCUT2D eigenvalue weighted by Crippen LogP contribution is 2.38. The fourth-order valence-electron chi connectivity index (χ4n) is 3.12. The number of hydrogen-bond donors (Lipinski definition) is 1. The number of esters is 1. The number of alkyl halides is 3. The van der Waals surface area contributed by atoms with Crippen LogP contribution in [-0.2, 0) is 38.7 Å². The Bertz CT molecular complexity index is 1260. The highest BCUT2D eigenvalue weighted by Gasteiger charge is 2.35. The summed E-state index contributed by atoms with van der Waals surface area (Å²) < 4.78 is 70.4. The third-order valence-corrected chi connectivity index (χ3v) is 7.72. The molecule has 0 fully saturated rings. The molecule has 1 N–H and O–H groups in total. The Labute approximate surface area is 192 Å². The number of ether oxygens (including phenoxy) is 1. The van der Waals surface area contributed by atoms with Crippen LogP contribution in [0.2, 0.25) is 0 Å². The number of thiophene rings is 1. The fraction of sp³-hybridized carbons (Fsp3) is 0.333. The van der Waals surface area contributed by atoms with Crippen LogP contribution in [-0.4, -0.2) is 41.6 Å². The number of aromatic nitrogens is 2. The van der Waals surface area contributed by atoms with Gasteiger partial charge < -0.3 is 9.84 Å². The zero-order valence-electron chi connectivity index (χ0n) is 17.7. The maximum Gasteiger partial charge on any atom is 0.435 e. The van der Waals surface area contributed by atoms with Crippen LogP contribution in [0.5, 0.6) is 0 Å². The van der Waals surface area contributed by atoms with Crippen LogP contribution in [0.1, 0.15) is 25.1 Å². The third-order valence-electron chi connectivity index (χ3n) is 4.75. The molecule has 178 valence electrons. The van der Waals surface area contributed by atoms with Crippen LogP contribution in [0, 0.1) is 0 Å². The summed E-state index contributed by atoms with van der Waals surface area (Å²) in [5.74, 6) is -0.867. The molecular formula is C21H21F3N2O5S2. The van der Waals surface area contributed by atoms with Gasteiger partial charge in [0, 0.05) is 4.88 Å². The summed E-state index contributed by atoms with van der Waals surface area (Å²) in [7, 11) is -3.60. The van der Waals surface area contributed by atoms with E-state index in [0.29, 0.717) is 15.3 Å². The van der Waals surface area contributed by atoms with Crippen LogP contribution in [0.25, 0.3) is 21.0 Å². The number of nitrogens with zero attached hydrogens (tertiary/aromatic N) is 2. The van der Waals surface area contributed by atoms with Crippen LogP contribution in [0.4, 0.5) is 13.2 Å². The highest BCUT2D eigenvalue weighted by atomic mass is 32.2. The van der Waals surface area contributed by atoms with Crippen molar-refractivity contribution in [1.29, 1.82) is 0 Å². The molecule has 2 heterocycles. The van der Waals surface area contributed by atoms with Gasteiger partial charge >= 0.3 is 12.1 Å². The van der Waals surface area contributed by atoms with Gasteiger partial charge in [-0.3, -0.25) is 9.48 Å². The van der Waals surface area contributed by atoms with Crippen molar-refractivity contribution in [3.05, 3.63) is 47.7 Å². The van der Waals surface area contributed by atoms with Gasteiger partial charge in [0.2, 0.25) is 0 Å². The zero-order chi connectivity index (χ0) is 24.4. The van der Waals surface area contributed by atoms with Crippen molar-refractivity contribution in [2.45, 2.75) is 38.1 Å². The van der Waals surface area contributed by atoms with Crippen molar-refractivity contribution < 1.29 is 36.2 Å². The summed E-state index contributed by atoms with van der Waals surface area (Å²) in [5.41, 5.74) is -0.261.